The fourth-order valence-electron chi connectivity index (χ4n) is 2.65. The predicted molar refractivity (Wildman–Crippen MR) is 79.9 cm³/mol. The third kappa shape index (κ3) is 2.11. The maximum absolute atomic E-state index is 11.9. The fraction of sp³-hybridized carbons (Fsp3) is 0.375. The van der Waals surface area contributed by atoms with Gasteiger partial charge in [-0.3, -0.25) is 9.79 Å². The Kier molecular flexibility index (Phi) is 3.66. The summed E-state index contributed by atoms with van der Waals surface area (Å²) in [5.41, 5.74) is 6.76. The number of para-hydroxylation sites is 1. The molecule has 1 aromatic carbocycles. The molecule has 1 aliphatic heterocycles. The number of hydrogen-bond donors (Lipinski definition) is 1. The molecule has 106 valence electrons. The molecule has 0 fully saturated rings. The minimum atomic E-state index is -0.725. The summed E-state index contributed by atoms with van der Waals surface area (Å²) in [5.74, 6) is 0.784. The second-order valence-corrected chi connectivity index (χ2v) is 5.43. The molecule has 1 aromatic rings. The molecule has 4 nitrogen and oxygen atoms in total. The number of carbonyl (C=O) groups excluding carboxylic acids is 1. The van der Waals surface area contributed by atoms with Crippen molar-refractivity contribution < 1.29 is 9.53 Å². The highest BCUT2D eigenvalue weighted by atomic mass is 16.5. The fourth-order valence-corrected chi connectivity index (χ4v) is 2.65. The number of allylic oxidation sites excluding steroid dienone is 1. The van der Waals surface area contributed by atoms with E-state index in [2.05, 4.69) is 4.99 Å². The standard InChI is InChI=1S/C16H20N2O2/c1-5-10-13(16(2,3)15(17)19)11-8-6-7-9-12(11)20-14(10)18-4/h5-9,13H,1-4H3,(H2,17,19). The van der Waals surface area contributed by atoms with E-state index < -0.39 is 5.41 Å². The highest BCUT2D eigenvalue weighted by Gasteiger charge is 2.43. The molecule has 2 rings (SSSR count). The van der Waals surface area contributed by atoms with Gasteiger partial charge in [-0.2, -0.15) is 0 Å². The predicted octanol–water partition coefficient (Wildman–Crippen LogP) is 2.65. The van der Waals surface area contributed by atoms with Crippen LogP contribution < -0.4 is 10.5 Å². The van der Waals surface area contributed by atoms with Gasteiger partial charge in [0.2, 0.25) is 11.8 Å². The minimum Gasteiger partial charge on any atom is -0.439 e. The number of primary amides is 1. The number of fused-ring (bicyclic) bond motifs is 1. The van der Waals surface area contributed by atoms with Crippen molar-refractivity contribution in [1.29, 1.82) is 0 Å². The molecule has 2 N–H and O–H groups in total. The smallest absolute Gasteiger partial charge is 0.224 e. The molecule has 1 atom stereocenters. The first-order valence-corrected chi connectivity index (χ1v) is 6.63. The maximum Gasteiger partial charge on any atom is 0.224 e. The molecule has 1 amide bonds. The lowest BCUT2D eigenvalue weighted by atomic mass is 9.69. The van der Waals surface area contributed by atoms with E-state index in [0.717, 1.165) is 16.9 Å². The molecule has 4 heteroatoms. The monoisotopic (exact) mass is 272 g/mol. The topological polar surface area (TPSA) is 64.7 Å². The first-order valence-electron chi connectivity index (χ1n) is 6.63. The van der Waals surface area contributed by atoms with Crippen molar-refractivity contribution >= 4 is 11.8 Å². The van der Waals surface area contributed by atoms with Crippen molar-refractivity contribution in [2.24, 2.45) is 16.1 Å². The van der Waals surface area contributed by atoms with Gasteiger partial charge in [-0.05, 0) is 13.0 Å². The highest BCUT2D eigenvalue weighted by Crippen LogP contribution is 2.47. The summed E-state index contributed by atoms with van der Waals surface area (Å²) in [4.78, 5) is 16.1. The quantitative estimate of drug-likeness (QED) is 0.899. The summed E-state index contributed by atoms with van der Waals surface area (Å²) in [5, 5.41) is 0. The van der Waals surface area contributed by atoms with Crippen LogP contribution in [0.4, 0.5) is 0 Å². The molecule has 0 bridgehead atoms. The van der Waals surface area contributed by atoms with Crippen molar-refractivity contribution in [2.45, 2.75) is 26.7 Å². The van der Waals surface area contributed by atoms with Crippen molar-refractivity contribution in [3.63, 3.8) is 0 Å². The number of aliphatic imine (C=N–C) groups is 1. The summed E-state index contributed by atoms with van der Waals surface area (Å²) < 4.78 is 5.82. The van der Waals surface area contributed by atoms with Gasteiger partial charge in [-0.1, -0.05) is 38.1 Å². The van der Waals surface area contributed by atoms with Crippen molar-refractivity contribution in [3.05, 3.63) is 41.5 Å². The third-order valence-corrected chi connectivity index (χ3v) is 3.87. The number of amides is 1. The van der Waals surface area contributed by atoms with E-state index in [-0.39, 0.29) is 11.8 Å². The Morgan fingerprint density at radius 1 is 1.40 bits per heavy atom. The Hall–Kier alpha value is -2.10. The molecule has 0 spiro atoms. The summed E-state index contributed by atoms with van der Waals surface area (Å²) in [6.45, 7) is 5.64. The molecule has 0 saturated heterocycles. The number of hydrogen-bond acceptors (Lipinski definition) is 3. The Balaban J connectivity index is 2.70. The van der Waals surface area contributed by atoms with Gasteiger partial charge < -0.3 is 10.5 Å². The zero-order valence-corrected chi connectivity index (χ0v) is 12.3. The van der Waals surface area contributed by atoms with Crippen LogP contribution in [0.1, 0.15) is 32.3 Å². The van der Waals surface area contributed by atoms with E-state index in [0.29, 0.717) is 5.90 Å². The van der Waals surface area contributed by atoms with Gasteiger partial charge in [-0.25, -0.2) is 0 Å². The summed E-state index contributed by atoms with van der Waals surface area (Å²) in [6.07, 6.45) is 1.94. The zero-order chi connectivity index (χ0) is 14.9. The molecule has 1 aliphatic rings. The molecule has 0 aromatic heterocycles. The number of carbonyl (C=O) groups is 1. The Bertz CT molecular complexity index is 600. The van der Waals surface area contributed by atoms with Gasteiger partial charge in [-0.15, -0.1) is 0 Å². The normalized spacial score (nSPS) is 22.5. The summed E-state index contributed by atoms with van der Waals surface area (Å²) in [7, 11) is 1.68. The van der Waals surface area contributed by atoms with Gasteiger partial charge in [0.25, 0.3) is 0 Å². The second-order valence-electron chi connectivity index (χ2n) is 5.43. The summed E-state index contributed by atoms with van der Waals surface area (Å²) in [6, 6.07) is 7.70. The molecule has 0 radical (unpaired) electrons. The Labute approximate surface area is 119 Å². The van der Waals surface area contributed by atoms with Crippen LogP contribution in [0.25, 0.3) is 0 Å². The van der Waals surface area contributed by atoms with Crippen LogP contribution in [-0.4, -0.2) is 18.9 Å². The highest BCUT2D eigenvalue weighted by molar-refractivity contribution is 6.00. The SMILES string of the molecule is CC=C1C(=NC)Oc2ccccc2C1C(C)(C)C(N)=O. The van der Waals surface area contributed by atoms with Crippen LogP contribution in [0.3, 0.4) is 0 Å². The Morgan fingerprint density at radius 2 is 2.05 bits per heavy atom. The molecule has 1 heterocycles. The number of ether oxygens (including phenoxy) is 1. The summed E-state index contributed by atoms with van der Waals surface area (Å²) >= 11 is 0. The molecule has 20 heavy (non-hydrogen) atoms. The molecular formula is C16H20N2O2. The van der Waals surface area contributed by atoms with Crippen LogP contribution >= 0.6 is 0 Å². The zero-order valence-electron chi connectivity index (χ0n) is 12.3. The number of nitrogens with zero attached hydrogens (tertiary/aromatic N) is 1. The van der Waals surface area contributed by atoms with Gasteiger partial charge in [0.15, 0.2) is 0 Å². The van der Waals surface area contributed by atoms with Gasteiger partial charge in [0.1, 0.15) is 5.75 Å². The lowest BCUT2D eigenvalue weighted by Gasteiger charge is -2.37. The largest absolute Gasteiger partial charge is 0.439 e. The van der Waals surface area contributed by atoms with Crippen LogP contribution in [-0.2, 0) is 4.79 Å². The lowest BCUT2D eigenvalue weighted by Crippen LogP contribution is -2.41. The van der Waals surface area contributed by atoms with E-state index in [1.807, 2.05) is 51.1 Å². The van der Waals surface area contributed by atoms with E-state index >= 15 is 0 Å². The third-order valence-electron chi connectivity index (χ3n) is 3.87. The maximum atomic E-state index is 11.9. The van der Waals surface area contributed by atoms with E-state index in [1.165, 1.54) is 0 Å². The first-order chi connectivity index (χ1) is 9.43. The van der Waals surface area contributed by atoms with Crippen molar-refractivity contribution in [3.8, 4) is 5.75 Å². The van der Waals surface area contributed by atoms with Crippen molar-refractivity contribution in [1.82, 2.24) is 0 Å². The second kappa shape index (κ2) is 5.12. The van der Waals surface area contributed by atoms with Crippen LogP contribution in [0.15, 0.2) is 40.9 Å². The number of rotatable bonds is 2. The number of nitrogens with two attached hydrogens (primary N) is 1. The van der Waals surface area contributed by atoms with Gasteiger partial charge in [0, 0.05) is 24.1 Å². The Morgan fingerprint density at radius 3 is 2.60 bits per heavy atom. The molecular weight excluding hydrogens is 252 g/mol. The van der Waals surface area contributed by atoms with Gasteiger partial charge in [0.05, 0.1) is 5.41 Å². The van der Waals surface area contributed by atoms with E-state index in [9.17, 15) is 4.79 Å². The van der Waals surface area contributed by atoms with Crippen LogP contribution in [0.5, 0.6) is 5.75 Å². The first kappa shape index (κ1) is 14.3. The van der Waals surface area contributed by atoms with Crippen molar-refractivity contribution in [2.75, 3.05) is 7.05 Å². The van der Waals surface area contributed by atoms with Crippen LogP contribution in [0.2, 0.25) is 0 Å². The van der Waals surface area contributed by atoms with E-state index in [1.54, 1.807) is 7.05 Å². The molecule has 0 saturated carbocycles. The minimum absolute atomic E-state index is 0.159. The van der Waals surface area contributed by atoms with Gasteiger partial charge >= 0.3 is 0 Å². The lowest BCUT2D eigenvalue weighted by molar-refractivity contribution is -0.126. The molecule has 0 aliphatic carbocycles. The number of benzene rings is 1. The average Bonchev–Trinajstić information content (AvgIpc) is 2.44. The average molecular weight is 272 g/mol. The molecule has 1 unspecified atom stereocenters. The van der Waals surface area contributed by atoms with Crippen LogP contribution in [0, 0.1) is 5.41 Å². The van der Waals surface area contributed by atoms with E-state index in [4.69, 9.17) is 10.5 Å².